The standard InChI is InChI=1S/C12H25N3O/c1-2-14-4-6-15(7-5-14)9-12(13)11-3-8-16-10-11/h11-12H,2-10,13H2,1H3. The summed E-state index contributed by atoms with van der Waals surface area (Å²) in [5, 5.41) is 0. The molecule has 2 unspecified atom stereocenters. The molecule has 0 aromatic heterocycles. The van der Waals surface area contributed by atoms with Crippen LogP contribution >= 0.6 is 0 Å². The molecule has 0 aliphatic carbocycles. The van der Waals surface area contributed by atoms with Gasteiger partial charge in [-0.3, -0.25) is 4.90 Å². The molecule has 94 valence electrons. The van der Waals surface area contributed by atoms with Gasteiger partial charge in [0.1, 0.15) is 0 Å². The maximum absolute atomic E-state index is 6.24. The number of nitrogens with zero attached hydrogens (tertiary/aromatic N) is 2. The van der Waals surface area contributed by atoms with Crippen molar-refractivity contribution in [2.24, 2.45) is 11.7 Å². The zero-order valence-electron chi connectivity index (χ0n) is 10.4. The smallest absolute Gasteiger partial charge is 0.0510 e. The Balaban J connectivity index is 1.69. The summed E-state index contributed by atoms with van der Waals surface area (Å²) < 4.78 is 5.40. The lowest BCUT2D eigenvalue weighted by Crippen LogP contribution is -2.51. The minimum atomic E-state index is 0.302. The van der Waals surface area contributed by atoms with Crippen molar-refractivity contribution in [3.63, 3.8) is 0 Å². The number of hydrogen-bond donors (Lipinski definition) is 1. The summed E-state index contributed by atoms with van der Waals surface area (Å²) in [5.41, 5.74) is 6.24. The van der Waals surface area contributed by atoms with Gasteiger partial charge in [-0.1, -0.05) is 6.92 Å². The number of nitrogens with two attached hydrogens (primary N) is 1. The molecule has 4 nitrogen and oxygen atoms in total. The molecule has 2 fully saturated rings. The van der Waals surface area contributed by atoms with Crippen molar-refractivity contribution in [3.8, 4) is 0 Å². The largest absolute Gasteiger partial charge is 0.381 e. The molecule has 2 atom stereocenters. The molecular weight excluding hydrogens is 202 g/mol. The fourth-order valence-corrected chi connectivity index (χ4v) is 2.63. The molecule has 0 spiro atoms. The van der Waals surface area contributed by atoms with Crippen LogP contribution in [-0.4, -0.2) is 68.3 Å². The molecule has 2 aliphatic heterocycles. The maximum atomic E-state index is 6.24. The first-order chi connectivity index (χ1) is 7.79. The molecular formula is C12H25N3O. The molecule has 0 radical (unpaired) electrons. The van der Waals surface area contributed by atoms with Gasteiger partial charge >= 0.3 is 0 Å². The molecule has 2 rings (SSSR count). The Morgan fingerprint density at radius 2 is 1.94 bits per heavy atom. The van der Waals surface area contributed by atoms with Crippen LogP contribution in [0.25, 0.3) is 0 Å². The molecule has 0 bridgehead atoms. The molecule has 0 amide bonds. The van der Waals surface area contributed by atoms with Gasteiger partial charge in [-0.15, -0.1) is 0 Å². The van der Waals surface area contributed by atoms with Gasteiger partial charge in [0, 0.05) is 51.3 Å². The van der Waals surface area contributed by atoms with Crippen LogP contribution in [0.2, 0.25) is 0 Å². The third-order valence-corrected chi connectivity index (χ3v) is 3.95. The minimum absolute atomic E-state index is 0.302. The third kappa shape index (κ3) is 3.17. The zero-order chi connectivity index (χ0) is 11.4. The summed E-state index contributed by atoms with van der Waals surface area (Å²) in [5.74, 6) is 0.587. The van der Waals surface area contributed by atoms with E-state index in [1.54, 1.807) is 0 Å². The van der Waals surface area contributed by atoms with Crippen molar-refractivity contribution in [1.29, 1.82) is 0 Å². The van der Waals surface area contributed by atoms with Crippen LogP contribution in [0.3, 0.4) is 0 Å². The zero-order valence-corrected chi connectivity index (χ0v) is 10.4. The van der Waals surface area contributed by atoms with E-state index in [1.807, 2.05) is 0 Å². The summed E-state index contributed by atoms with van der Waals surface area (Å²) in [6.45, 7) is 11.0. The molecule has 0 aromatic carbocycles. The number of likely N-dealkylation sites (N-methyl/N-ethyl adjacent to an activating group) is 1. The van der Waals surface area contributed by atoms with Gasteiger partial charge < -0.3 is 15.4 Å². The normalized spacial score (nSPS) is 30.8. The molecule has 0 aromatic rings. The first kappa shape index (κ1) is 12.3. The van der Waals surface area contributed by atoms with Crippen molar-refractivity contribution < 1.29 is 4.74 Å². The fourth-order valence-electron chi connectivity index (χ4n) is 2.63. The van der Waals surface area contributed by atoms with E-state index in [-0.39, 0.29) is 0 Å². The molecule has 2 heterocycles. The van der Waals surface area contributed by atoms with Crippen LogP contribution in [0.4, 0.5) is 0 Å². The topological polar surface area (TPSA) is 41.7 Å². The van der Waals surface area contributed by atoms with Gasteiger partial charge in [-0.2, -0.15) is 0 Å². The highest BCUT2D eigenvalue weighted by Gasteiger charge is 2.25. The van der Waals surface area contributed by atoms with Gasteiger partial charge in [0.05, 0.1) is 6.61 Å². The fraction of sp³-hybridized carbons (Fsp3) is 1.00. The Morgan fingerprint density at radius 1 is 1.25 bits per heavy atom. The van der Waals surface area contributed by atoms with E-state index in [0.29, 0.717) is 12.0 Å². The first-order valence-electron chi connectivity index (χ1n) is 6.57. The highest BCUT2D eigenvalue weighted by molar-refractivity contribution is 4.81. The molecule has 4 heteroatoms. The second kappa shape index (κ2) is 5.96. The number of ether oxygens (including phenoxy) is 1. The first-order valence-corrected chi connectivity index (χ1v) is 6.57. The molecule has 2 saturated heterocycles. The van der Waals surface area contributed by atoms with Crippen molar-refractivity contribution in [2.45, 2.75) is 19.4 Å². The Labute approximate surface area is 98.7 Å². The van der Waals surface area contributed by atoms with Crippen LogP contribution in [0.1, 0.15) is 13.3 Å². The van der Waals surface area contributed by atoms with E-state index < -0.39 is 0 Å². The predicted molar refractivity (Wildman–Crippen MR) is 65.5 cm³/mol. The lowest BCUT2D eigenvalue weighted by Gasteiger charge is -2.36. The Bertz CT molecular complexity index is 198. The molecule has 0 saturated carbocycles. The summed E-state index contributed by atoms with van der Waals surface area (Å²) >= 11 is 0. The quantitative estimate of drug-likeness (QED) is 0.733. The van der Waals surface area contributed by atoms with E-state index in [4.69, 9.17) is 10.5 Å². The lowest BCUT2D eigenvalue weighted by atomic mass is 9.99. The second-order valence-corrected chi connectivity index (χ2v) is 5.02. The van der Waals surface area contributed by atoms with Gasteiger partial charge in [-0.25, -0.2) is 0 Å². The summed E-state index contributed by atoms with van der Waals surface area (Å²) in [6.07, 6.45) is 1.15. The van der Waals surface area contributed by atoms with E-state index in [1.165, 1.54) is 32.7 Å². The van der Waals surface area contributed by atoms with Crippen molar-refractivity contribution in [3.05, 3.63) is 0 Å². The Morgan fingerprint density at radius 3 is 2.50 bits per heavy atom. The summed E-state index contributed by atoms with van der Waals surface area (Å²) in [7, 11) is 0. The average Bonchev–Trinajstić information content (AvgIpc) is 2.83. The van der Waals surface area contributed by atoms with E-state index in [0.717, 1.165) is 26.2 Å². The van der Waals surface area contributed by atoms with E-state index in [9.17, 15) is 0 Å². The second-order valence-electron chi connectivity index (χ2n) is 5.02. The predicted octanol–water partition coefficient (Wildman–Crippen LogP) is -0.0123. The summed E-state index contributed by atoms with van der Waals surface area (Å²) in [4.78, 5) is 5.01. The maximum Gasteiger partial charge on any atom is 0.0510 e. The van der Waals surface area contributed by atoms with Crippen molar-refractivity contribution >= 4 is 0 Å². The number of rotatable bonds is 4. The minimum Gasteiger partial charge on any atom is -0.381 e. The molecule has 16 heavy (non-hydrogen) atoms. The summed E-state index contributed by atoms with van der Waals surface area (Å²) in [6, 6.07) is 0.302. The Hall–Kier alpha value is -0.160. The lowest BCUT2D eigenvalue weighted by molar-refractivity contribution is 0.119. The van der Waals surface area contributed by atoms with Crippen molar-refractivity contribution in [2.75, 3.05) is 52.5 Å². The average molecular weight is 227 g/mol. The van der Waals surface area contributed by atoms with Gasteiger partial charge in [0.25, 0.3) is 0 Å². The van der Waals surface area contributed by atoms with Crippen LogP contribution in [0, 0.1) is 5.92 Å². The van der Waals surface area contributed by atoms with E-state index in [2.05, 4.69) is 16.7 Å². The van der Waals surface area contributed by atoms with Crippen LogP contribution in [0.5, 0.6) is 0 Å². The van der Waals surface area contributed by atoms with Crippen molar-refractivity contribution in [1.82, 2.24) is 9.80 Å². The SMILES string of the molecule is CCN1CCN(CC(N)C2CCOC2)CC1. The van der Waals surface area contributed by atoms with E-state index >= 15 is 0 Å². The third-order valence-electron chi connectivity index (χ3n) is 3.95. The highest BCUT2D eigenvalue weighted by Crippen LogP contribution is 2.16. The molecule has 2 N–H and O–H groups in total. The number of hydrogen-bond acceptors (Lipinski definition) is 4. The van der Waals surface area contributed by atoms with Crippen LogP contribution in [-0.2, 0) is 4.74 Å². The van der Waals surface area contributed by atoms with Gasteiger partial charge in [0.15, 0.2) is 0 Å². The Kier molecular flexibility index (Phi) is 4.58. The highest BCUT2D eigenvalue weighted by atomic mass is 16.5. The van der Waals surface area contributed by atoms with Gasteiger partial charge in [0.2, 0.25) is 0 Å². The number of piperazine rings is 1. The van der Waals surface area contributed by atoms with Crippen LogP contribution < -0.4 is 5.73 Å². The molecule has 2 aliphatic rings. The van der Waals surface area contributed by atoms with Gasteiger partial charge in [-0.05, 0) is 13.0 Å². The monoisotopic (exact) mass is 227 g/mol. The van der Waals surface area contributed by atoms with Crippen LogP contribution in [0.15, 0.2) is 0 Å².